The lowest BCUT2D eigenvalue weighted by molar-refractivity contribution is 0.177. The maximum Gasteiger partial charge on any atom is 0.132 e. The van der Waals surface area contributed by atoms with Gasteiger partial charge in [-0.2, -0.15) is 5.10 Å². The Bertz CT molecular complexity index is 517. The average molecular weight is 269 g/mol. The molecule has 0 saturated carbocycles. The molecule has 2 aromatic rings. The van der Waals surface area contributed by atoms with Crippen LogP contribution < -0.4 is 0 Å². The monoisotopic (exact) mass is 268 g/mol. The third kappa shape index (κ3) is 2.44. The summed E-state index contributed by atoms with van der Waals surface area (Å²) in [4.78, 5) is 0. The third-order valence-corrected chi connectivity index (χ3v) is 3.38. The molecule has 0 spiro atoms. The number of aliphatic hydroxyl groups is 1. The first-order chi connectivity index (χ1) is 8.50. The lowest BCUT2D eigenvalue weighted by atomic mass is 9.99. The molecule has 1 atom stereocenters. The number of nitrogens with zero attached hydrogens (tertiary/aromatic N) is 2. The van der Waals surface area contributed by atoms with Crippen molar-refractivity contribution in [2.75, 3.05) is 0 Å². The van der Waals surface area contributed by atoms with Gasteiger partial charge in [-0.15, -0.1) is 0 Å². The summed E-state index contributed by atoms with van der Waals surface area (Å²) < 4.78 is 6.60. The van der Waals surface area contributed by atoms with Gasteiger partial charge in [-0.1, -0.05) is 25.4 Å². The molecule has 0 fully saturated rings. The van der Waals surface area contributed by atoms with E-state index in [-0.39, 0.29) is 5.92 Å². The Labute approximate surface area is 111 Å². The van der Waals surface area contributed by atoms with Gasteiger partial charge in [0, 0.05) is 19.0 Å². The first-order valence-electron chi connectivity index (χ1n) is 5.92. The van der Waals surface area contributed by atoms with E-state index >= 15 is 0 Å². The Morgan fingerprint density at radius 1 is 1.50 bits per heavy atom. The molecular formula is C13H17ClN2O2. The molecule has 0 aliphatic carbocycles. The summed E-state index contributed by atoms with van der Waals surface area (Å²) in [6.07, 6.45) is 3.03. The number of furan rings is 1. The van der Waals surface area contributed by atoms with Crippen LogP contribution in [0.5, 0.6) is 0 Å². The van der Waals surface area contributed by atoms with Crippen LogP contribution in [0.1, 0.15) is 42.7 Å². The van der Waals surface area contributed by atoms with Crippen molar-refractivity contribution in [3.8, 4) is 0 Å². The number of hydrogen-bond acceptors (Lipinski definition) is 3. The van der Waals surface area contributed by atoms with E-state index in [4.69, 9.17) is 16.0 Å². The normalized spacial score (nSPS) is 13.2. The third-order valence-electron chi connectivity index (χ3n) is 2.93. The van der Waals surface area contributed by atoms with Gasteiger partial charge in [0.15, 0.2) is 0 Å². The minimum atomic E-state index is -0.666. The molecule has 0 aliphatic rings. The van der Waals surface area contributed by atoms with Crippen molar-refractivity contribution >= 4 is 11.6 Å². The predicted molar refractivity (Wildman–Crippen MR) is 69.7 cm³/mol. The summed E-state index contributed by atoms with van der Waals surface area (Å²) in [6.45, 7) is 4.07. The summed E-state index contributed by atoms with van der Waals surface area (Å²) >= 11 is 6.21. The molecule has 0 bridgehead atoms. The van der Waals surface area contributed by atoms with Crippen LogP contribution in [0.3, 0.4) is 0 Å². The molecule has 0 radical (unpaired) electrons. The molecule has 0 amide bonds. The number of hydrogen-bond donors (Lipinski definition) is 1. The molecule has 1 N–H and O–H groups in total. The van der Waals surface area contributed by atoms with Gasteiger partial charge in [-0.05, 0) is 17.5 Å². The Kier molecular flexibility index (Phi) is 3.78. The number of rotatable bonds is 4. The molecule has 5 heteroatoms. The molecule has 4 nitrogen and oxygen atoms in total. The quantitative estimate of drug-likeness (QED) is 0.927. The summed E-state index contributed by atoms with van der Waals surface area (Å²) in [6, 6.07) is 1.84. The maximum absolute atomic E-state index is 10.3. The van der Waals surface area contributed by atoms with Crippen LogP contribution in [-0.4, -0.2) is 14.9 Å². The molecular weight excluding hydrogens is 252 g/mol. The average Bonchev–Trinajstić information content (AvgIpc) is 2.88. The van der Waals surface area contributed by atoms with Gasteiger partial charge in [0.2, 0.25) is 0 Å². The van der Waals surface area contributed by atoms with Crippen LogP contribution in [0.2, 0.25) is 5.15 Å². The van der Waals surface area contributed by atoms with Crippen molar-refractivity contribution in [3.05, 3.63) is 40.6 Å². The standard InChI is InChI=1S/C13H17ClN2O2/c1-8(2)12-11(13(14)16(3)15-12)10(17)6-9-4-5-18-7-9/h4-5,7-8,10,17H,6H2,1-3H3. The first kappa shape index (κ1) is 13.2. The summed E-state index contributed by atoms with van der Waals surface area (Å²) in [5.74, 6) is 0.220. The van der Waals surface area contributed by atoms with Crippen LogP contribution in [0.4, 0.5) is 0 Å². The van der Waals surface area contributed by atoms with Crippen molar-refractivity contribution in [1.29, 1.82) is 0 Å². The van der Waals surface area contributed by atoms with Crippen molar-refractivity contribution < 1.29 is 9.52 Å². The van der Waals surface area contributed by atoms with E-state index in [0.29, 0.717) is 11.6 Å². The zero-order valence-corrected chi connectivity index (χ0v) is 11.5. The SMILES string of the molecule is CC(C)c1nn(C)c(Cl)c1C(O)Cc1ccoc1. The zero-order valence-electron chi connectivity index (χ0n) is 10.7. The molecule has 2 aromatic heterocycles. The Morgan fingerprint density at radius 2 is 2.22 bits per heavy atom. The minimum Gasteiger partial charge on any atom is -0.472 e. The first-order valence-corrected chi connectivity index (χ1v) is 6.30. The highest BCUT2D eigenvalue weighted by molar-refractivity contribution is 6.30. The maximum atomic E-state index is 10.3. The zero-order chi connectivity index (χ0) is 13.3. The van der Waals surface area contributed by atoms with Crippen molar-refractivity contribution in [2.24, 2.45) is 7.05 Å². The smallest absolute Gasteiger partial charge is 0.132 e. The van der Waals surface area contributed by atoms with Crippen LogP contribution in [0, 0.1) is 0 Å². The van der Waals surface area contributed by atoms with Gasteiger partial charge >= 0.3 is 0 Å². The van der Waals surface area contributed by atoms with Gasteiger partial charge in [0.05, 0.1) is 24.3 Å². The van der Waals surface area contributed by atoms with E-state index in [1.54, 1.807) is 24.3 Å². The highest BCUT2D eigenvalue weighted by atomic mass is 35.5. The Morgan fingerprint density at radius 3 is 2.78 bits per heavy atom. The van der Waals surface area contributed by atoms with E-state index in [0.717, 1.165) is 16.8 Å². The van der Waals surface area contributed by atoms with Crippen molar-refractivity contribution in [3.63, 3.8) is 0 Å². The second kappa shape index (κ2) is 5.16. The molecule has 98 valence electrons. The molecule has 0 aromatic carbocycles. The van der Waals surface area contributed by atoms with E-state index in [1.807, 2.05) is 19.9 Å². The number of aliphatic hydroxyl groups excluding tert-OH is 1. The molecule has 18 heavy (non-hydrogen) atoms. The van der Waals surface area contributed by atoms with Crippen molar-refractivity contribution in [1.82, 2.24) is 9.78 Å². The summed E-state index contributed by atoms with van der Waals surface area (Å²) in [7, 11) is 1.78. The van der Waals surface area contributed by atoms with E-state index in [1.165, 1.54) is 0 Å². The molecule has 0 aliphatic heterocycles. The Balaban J connectivity index is 2.31. The van der Waals surface area contributed by atoms with Gasteiger partial charge in [0.1, 0.15) is 5.15 Å². The molecule has 0 saturated heterocycles. The van der Waals surface area contributed by atoms with Gasteiger partial charge in [-0.3, -0.25) is 4.68 Å². The second-order valence-corrected chi connectivity index (χ2v) is 5.08. The summed E-state index contributed by atoms with van der Waals surface area (Å²) in [5, 5.41) is 15.2. The predicted octanol–water partition coefficient (Wildman–Crippen LogP) is 3.07. The van der Waals surface area contributed by atoms with Crippen LogP contribution in [0.15, 0.2) is 23.0 Å². The van der Waals surface area contributed by atoms with Crippen LogP contribution in [-0.2, 0) is 13.5 Å². The minimum absolute atomic E-state index is 0.220. The topological polar surface area (TPSA) is 51.2 Å². The van der Waals surface area contributed by atoms with Gasteiger partial charge in [-0.25, -0.2) is 0 Å². The van der Waals surface area contributed by atoms with E-state index in [2.05, 4.69) is 5.10 Å². The fourth-order valence-electron chi connectivity index (χ4n) is 2.01. The molecule has 2 rings (SSSR count). The van der Waals surface area contributed by atoms with E-state index < -0.39 is 6.10 Å². The van der Waals surface area contributed by atoms with Crippen LogP contribution in [0.25, 0.3) is 0 Å². The van der Waals surface area contributed by atoms with Gasteiger partial charge < -0.3 is 9.52 Å². The van der Waals surface area contributed by atoms with Crippen molar-refractivity contribution in [2.45, 2.75) is 32.3 Å². The number of aromatic nitrogens is 2. The summed E-state index contributed by atoms with van der Waals surface area (Å²) in [5.41, 5.74) is 2.51. The largest absolute Gasteiger partial charge is 0.472 e. The lowest BCUT2D eigenvalue weighted by Gasteiger charge is -2.12. The van der Waals surface area contributed by atoms with Crippen LogP contribution >= 0.6 is 11.6 Å². The lowest BCUT2D eigenvalue weighted by Crippen LogP contribution is -2.05. The Hall–Kier alpha value is -1.26. The highest BCUT2D eigenvalue weighted by Gasteiger charge is 2.23. The fourth-order valence-corrected chi connectivity index (χ4v) is 2.27. The number of aryl methyl sites for hydroxylation is 1. The molecule has 2 heterocycles. The van der Waals surface area contributed by atoms with Gasteiger partial charge in [0.25, 0.3) is 0 Å². The number of halogens is 1. The fraction of sp³-hybridized carbons (Fsp3) is 0.462. The highest BCUT2D eigenvalue weighted by Crippen LogP contribution is 2.32. The van der Waals surface area contributed by atoms with E-state index in [9.17, 15) is 5.11 Å². The molecule has 1 unspecified atom stereocenters. The second-order valence-electron chi connectivity index (χ2n) is 4.72.